The molecule has 2 rings (SSSR count). The number of hydrogen-bond acceptors (Lipinski definition) is 6. The molecule has 1 aromatic carbocycles. The van der Waals surface area contributed by atoms with Crippen molar-refractivity contribution in [2.75, 3.05) is 20.1 Å². The second kappa shape index (κ2) is 8.96. The molecule has 1 saturated heterocycles. The van der Waals surface area contributed by atoms with E-state index in [0.717, 1.165) is 19.3 Å². The Labute approximate surface area is 158 Å². The summed E-state index contributed by atoms with van der Waals surface area (Å²) >= 11 is 0. The Balaban J connectivity index is 2.20. The molecule has 1 aliphatic rings. The van der Waals surface area contributed by atoms with Gasteiger partial charge in [0.15, 0.2) is 6.10 Å². The van der Waals surface area contributed by atoms with E-state index < -0.39 is 34.0 Å². The molecular formula is C17H23N3O6S. The lowest BCUT2D eigenvalue weighted by Crippen LogP contribution is -2.43. The highest BCUT2D eigenvalue weighted by molar-refractivity contribution is 7.89. The van der Waals surface area contributed by atoms with Gasteiger partial charge in [0.05, 0.1) is 10.5 Å². The van der Waals surface area contributed by atoms with Gasteiger partial charge in [-0.2, -0.15) is 4.31 Å². The first-order valence-electron chi connectivity index (χ1n) is 8.60. The monoisotopic (exact) mass is 397 g/mol. The van der Waals surface area contributed by atoms with Crippen LogP contribution in [-0.2, 0) is 19.6 Å². The Bertz CT molecular complexity index is 818. The topological polar surface area (TPSA) is 122 Å². The quantitative estimate of drug-likeness (QED) is 0.711. The van der Waals surface area contributed by atoms with Crippen LogP contribution >= 0.6 is 0 Å². The molecule has 3 amide bonds. The standard InChI is InChI=1S/C17H23N3O6S/c1-12(15(21)19-17(23)18-2)26-16(22)13-8-4-5-9-14(13)27(24,25)20-10-6-3-7-11-20/h4-5,8-9,12H,3,6-7,10-11H2,1-2H3,(H2,18,19,21,23)/t12-/m0/s1. The van der Waals surface area contributed by atoms with Crippen molar-refractivity contribution in [3.63, 3.8) is 0 Å². The third-order valence-electron chi connectivity index (χ3n) is 4.16. The Morgan fingerprint density at radius 2 is 1.74 bits per heavy atom. The van der Waals surface area contributed by atoms with Gasteiger partial charge >= 0.3 is 12.0 Å². The van der Waals surface area contributed by atoms with E-state index in [9.17, 15) is 22.8 Å². The average molecular weight is 397 g/mol. The van der Waals surface area contributed by atoms with E-state index in [1.165, 1.54) is 42.5 Å². The largest absolute Gasteiger partial charge is 0.449 e. The third-order valence-corrected chi connectivity index (χ3v) is 6.11. The number of piperidine rings is 1. The molecule has 0 radical (unpaired) electrons. The van der Waals surface area contributed by atoms with Gasteiger partial charge in [-0.3, -0.25) is 10.1 Å². The van der Waals surface area contributed by atoms with Gasteiger partial charge in [0, 0.05) is 20.1 Å². The molecule has 0 unspecified atom stereocenters. The van der Waals surface area contributed by atoms with Crippen molar-refractivity contribution < 1.29 is 27.5 Å². The molecule has 1 aromatic rings. The molecule has 0 bridgehead atoms. The fraction of sp³-hybridized carbons (Fsp3) is 0.471. The molecule has 1 fully saturated rings. The third kappa shape index (κ3) is 5.04. The van der Waals surface area contributed by atoms with Crippen molar-refractivity contribution >= 4 is 27.9 Å². The fourth-order valence-corrected chi connectivity index (χ4v) is 4.36. The van der Waals surface area contributed by atoms with Gasteiger partial charge in [0.2, 0.25) is 10.0 Å². The summed E-state index contributed by atoms with van der Waals surface area (Å²) in [5, 5.41) is 4.19. The SMILES string of the molecule is CNC(=O)NC(=O)[C@H](C)OC(=O)c1ccccc1S(=O)(=O)N1CCCCC1. The molecule has 10 heteroatoms. The molecule has 148 valence electrons. The first-order chi connectivity index (χ1) is 12.8. The van der Waals surface area contributed by atoms with Crippen molar-refractivity contribution in [2.45, 2.75) is 37.2 Å². The molecule has 0 spiro atoms. The summed E-state index contributed by atoms with van der Waals surface area (Å²) in [5.74, 6) is -1.77. The van der Waals surface area contributed by atoms with E-state index in [0.29, 0.717) is 13.1 Å². The summed E-state index contributed by atoms with van der Waals surface area (Å²) in [6.45, 7) is 2.09. The predicted octanol–water partition coefficient (Wildman–Crippen LogP) is 0.862. The van der Waals surface area contributed by atoms with E-state index in [4.69, 9.17) is 4.74 Å². The summed E-state index contributed by atoms with van der Waals surface area (Å²) in [6.07, 6.45) is 1.22. The zero-order valence-electron chi connectivity index (χ0n) is 15.2. The number of ether oxygens (including phenoxy) is 1. The lowest BCUT2D eigenvalue weighted by Gasteiger charge is -2.26. The van der Waals surface area contributed by atoms with Crippen LogP contribution < -0.4 is 10.6 Å². The van der Waals surface area contributed by atoms with E-state index >= 15 is 0 Å². The lowest BCUT2D eigenvalue weighted by molar-refractivity contribution is -0.127. The average Bonchev–Trinajstić information content (AvgIpc) is 2.68. The van der Waals surface area contributed by atoms with Crippen LogP contribution in [0.1, 0.15) is 36.5 Å². The highest BCUT2D eigenvalue weighted by Crippen LogP contribution is 2.24. The number of hydrogen-bond donors (Lipinski definition) is 2. The van der Waals surface area contributed by atoms with E-state index in [-0.39, 0.29) is 10.5 Å². The van der Waals surface area contributed by atoms with E-state index in [2.05, 4.69) is 5.32 Å². The number of nitrogens with zero attached hydrogens (tertiary/aromatic N) is 1. The maximum absolute atomic E-state index is 12.9. The summed E-state index contributed by atoms with van der Waals surface area (Å²) < 4.78 is 32.2. The van der Waals surface area contributed by atoms with Gasteiger partial charge in [-0.25, -0.2) is 18.0 Å². The summed E-state index contributed by atoms with van der Waals surface area (Å²) in [4.78, 5) is 35.3. The number of imide groups is 1. The zero-order valence-corrected chi connectivity index (χ0v) is 16.0. The van der Waals surface area contributed by atoms with Gasteiger partial charge in [-0.1, -0.05) is 18.6 Å². The minimum Gasteiger partial charge on any atom is -0.449 e. The van der Waals surface area contributed by atoms with Crippen LogP contribution in [0.4, 0.5) is 4.79 Å². The summed E-state index contributed by atoms with van der Waals surface area (Å²) in [5.41, 5.74) is -0.150. The number of carbonyl (C=O) groups excluding carboxylic acids is 3. The van der Waals surface area contributed by atoms with Crippen molar-refractivity contribution in [1.29, 1.82) is 0 Å². The van der Waals surface area contributed by atoms with Gasteiger partial charge in [-0.05, 0) is 31.9 Å². The minimum absolute atomic E-state index is 0.150. The highest BCUT2D eigenvalue weighted by Gasteiger charge is 2.31. The number of esters is 1. The number of rotatable bonds is 5. The first kappa shape index (κ1) is 20.8. The van der Waals surface area contributed by atoms with Gasteiger partial charge in [-0.15, -0.1) is 0 Å². The van der Waals surface area contributed by atoms with Crippen LogP contribution in [0.5, 0.6) is 0 Å². The van der Waals surface area contributed by atoms with Gasteiger partial charge < -0.3 is 10.1 Å². The minimum atomic E-state index is -3.85. The van der Waals surface area contributed by atoms with Gasteiger partial charge in [0.1, 0.15) is 0 Å². The fourth-order valence-electron chi connectivity index (χ4n) is 2.66. The van der Waals surface area contributed by atoms with E-state index in [1.54, 1.807) is 0 Å². The molecule has 9 nitrogen and oxygen atoms in total. The van der Waals surface area contributed by atoms with Crippen molar-refractivity contribution in [1.82, 2.24) is 14.9 Å². The van der Waals surface area contributed by atoms with Crippen LogP contribution in [0.2, 0.25) is 0 Å². The molecule has 1 heterocycles. The molecule has 1 atom stereocenters. The van der Waals surface area contributed by atoms with E-state index in [1.807, 2.05) is 5.32 Å². The van der Waals surface area contributed by atoms with Crippen LogP contribution in [0.25, 0.3) is 0 Å². The van der Waals surface area contributed by atoms with Gasteiger partial charge in [0.25, 0.3) is 5.91 Å². The summed E-state index contributed by atoms with van der Waals surface area (Å²) in [6, 6.07) is 4.98. The molecule has 0 aromatic heterocycles. The number of urea groups is 1. The predicted molar refractivity (Wildman–Crippen MR) is 96.5 cm³/mol. The number of nitrogens with one attached hydrogen (secondary N) is 2. The molecule has 2 N–H and O–H groups in total. The maximum atomic E-state index is 12.9. The molecular weight excluding hydrogens is 374 g/mol. The first-order valence-corrected chi connectivity index (χ1v) is 10.0. The number of carbonyl (C=O) groups is 3. The smallest absolute Gasteiger partial charge is 0.340 e. The Morgan fingerprint density at radius 3 is 2.37 bits per heavy atom. The second-order valence-corrected chi connectivity index (χ2v) is 7.98. The normalized spacial score (nSPS) is 16.2. The van der Waals surface area contributed by atoms with Crippen molar-refractivity contribution in [3.8, 4) is 0 Å². The second-order valence-electron chi connectivity index (χ2n) is 6.08. The number of amides is 3. The van der Waals surface area contributed by atoms with Crippen molar-refractivity contribution in [2.24, 2.45) is 0 Å². The van der Waals surface area contributed by atoms with Crippen molar-refractivity contribution in [3.05, 3.63) is 29.8 Å². The van der Waals surface area contributed by atoms with Crippen LogP contribution in [-0.4, -0.2) is 56.9 Å². The lowest BCUT2D eigenvalue weighted by atomic mass is 10.2. The molecule has 27 heavy (non-hydrogen) atoms. The van der Waals surface area contributed by atoms with Crippen LogP contribution in [0.15, 0.2) is 29.2 Å². The molecule has 1 aliphatic heterocycles. The summed E-state index contributed by atoms with van der Waals surface area (Å²) in [7, 11) is -2.51. The number of benzene rings is 1. The molecule has 0 aliphatic carbocycles. The Morgan fingerprint density at radius 1 is 1.11 bits per heavy atom. The van der Waals surface area contributed by atoms with Crippen LogP contribution in [0.3, 0.4) is 0 Å². The molecule has 0 saturated carbocycles. The Hall–Kier alpha value is -2.46. The number of sulfonamides is 1. The zero-order chi connectivity index (χ0) is 20.0. The Kier molecular flexibility index (Phi) is 6.92. The highest BCUT2D eigenvalue weighted by atomic mass is 32.2. The maximum Gasteiger partial charge on any atom is 0.340 e. The van der Waals surface area contributed by atoms with Crippen LogP contribution in [0, 0.1) is 0 Å².